The Morgan fingerprint density at radius 1 is 1.22 bits per heavy atom. The molecule has 1 heterocycles. The second-order valence-corrected chi connectivity index (χ2v) is 4.79. The Labute approximate surface area is 109 Å². The van der Waals surface area contributed by atoms with E-state index in [0.29, 0.717) is 6.04 Å². The maximum atomic E-state index is 4.55. The van der Waals surface area contributed by atoms with Crippen molar-refractivity contribution >= 4 is 11.8 Å². The minimum atomic E-state index is 0.556. The minimum Gasteiger partial charge on any atom is -0.366 e. The molecule has 5 nitrogen and oxygen atoms in total. The topological polar surface area (TPSA) is 53.9 Å². The molecule has 2 rings (SSSR count). The van der Waals surface area contributed by atoms with Gasteiger partial charge < -0.3 is 10.2 Å². The average molecular weight is 249 g/mol. The lowest BCUT2D eigenvalue weighted by Crippen LogP contribution is -2.26. The van der Waals surface area contributed by atoms with Gasteiger partial charge in [-0.3, -0.25) is 0 Å². The molecular formula is C13H23N5. The number of hydrogen-bond donors (Lipinski definition) is 1. The maximum Gasteiger partial charge on any atom is 0.247 e. The zero-order valence-electron chi connectivity index (χ0n) is 11.4. The number of anilines is 2. The molecule has 1 aromatic heterocycles. The summed E-state index contributed by atoms with van der Waals surface area (Å²) >= 11 is 0. The molecule has 1 saturated carbocycles. The molecule has 5 heteroatoms. The normalized spacial score (nSPS) is 16.6. The summed E-state index contributed by atoms with van der Waals surface area (Å²) in [4.78, 5) is 6.66. The third-order valence-corrected chi connectivity index (χ3v) is 3.55. The molecule has 1 aliphatic carbocycles. The summed E-state index contributed by atoms with van der Waals surface area (Å²) in [6, 6.07) is 0.556. The second kappa shape index (κ2) is 6.52. The van der Waals surface area contributed by atoms with E-state index in [1.807, 2.05) is 0 Å². The monoisotopic (exact) mass is 249 g/mol. The Balaban J connectivity index is 2.01. The Kier molecular flexibility index (Phi) is 4.73. The minimum absolute atomic E-state index is 0.556. The molecule has 1 fully saturated rings. The molecule has 1 aromatic rings. The Hall–Kier alpha value is -1.39. The molecule has 18 heavy (non-hydrogen) atoms. The van der Waals surface area contributed by atoms with Gasteiger partial charge in [-0.2, -0.15) is 10.1 Å². The van der Waals surface area contributed by atoms with Crippen LogP contribution in [0.2, 0.25) is 0 Å². The van der Waals surface area contributed by atoms with E-state index in [0.717, 1.165) is 24.9 Å². The van der Waals surface area contributed by atoms with Crippen LogP contribution >= 0.6 is 0 Å². The first-order valence-electron chi connectivity index (χ1n) is 7.04. The van der Waals surface area contributed by atoms with Gasteiger partial charge in [0.05, 0.1) is 6.20 Å². The molecule has 0 atom stereocenters. The summed E-state index contributed by atoms with van der Waals surface area (Å²) in [5, 5.41) is 11.6. The standard InChI is InChI=1S/C13H23N5/c1-3-18(4-2)13-16-12(10-14-17-13)15-11-8-6-5-7-9-11/h10-11H,3-9H2,1-2H3,(H,15,16,17). The van der Waals surface area contributed by atoms with Crippen molar-refractivity contribution in [1.29, 1.82) is 0 Å². The maximum absolute atomic E-state index is 4.55. The smallest absolute Gasteiger partial charge is 0.247 e. The SMILES string of the molecule is CCN(CC)c1nncc(NC2CCCCC2)n1. The molecule has 0 saturated heterocycles. The van der Waals surface area contributed by atoms with Crippen molar-refractivity contribution in [3.8, 4) is 0 Å². The highest BCUT2D eigenvalue weighted by atomic mass is 15.3. The second-order valence-electron chi connectivity index (χ2n) is 4.79. The molecule has 0 spiro atoms. The lowest BCUT2D eigenvalue weighted by atomic mass is 9.96. The summed E-state index contributed by atoms with van der Waals surface area (Å²) in [7, 11) is 0. The van der Waals surface area contributed by atoms with E-state index < -0.39 is 0 Å². The van der Waals surface area contributed by atoms with E-state index in [4.69, 9.17) is 0 Å². The van der Waals surface area contributed by atoms with Gasteiger partial charge in [-0.1, -0.05) is 19.3 Å². The van der Waals surface area contributed by atoms with Crippen molar-refractivity contribution in [2.45, 2.75) is 52.0 Å². The predicted octanol–water partition coefficient (Wildman–Crippen LogP) is 2.46. The zero-order chi connectivity index (χ0) is 12.8. The quantitative estimate of drug-likeness (QED) is 0.868. The molecule has 0 aromatic carbocycles. The molecule has 0 aliphatic heterocycles. The van der Waals surface area contributed by atoms with Crippen molar-refractivity contribution < 1.29 is 0 Å². The van der Waals surface area contributed by atoms with Crippen molar-refractivity contribution in [2.75, 3.05) is 23.3 Å². The van der Waals surface area contributed by atoms with E-state index in [-0.39, 0.29) is 0 Å². The highest BCUT2D eigenvalue weighted by molar-refractivity contribution is 5.39. The van der Waals surface area contributed by atoms with Gasteiger partial charge in [0.2, 0.25) is 5.95 Å². The largest absolute Gasteiger partial charge is 0.366 e. The van der Waals surface area contributed by atoms with Gasteiger partial charge in [-0.05, 0) is 26.7 Å². The van der Waals surface area contributed by atoms with E-state index in [9.17, 15) is 0 Å². The third kappa shape index (κ3) is 3.31. The Morgan fingerprint density at radius 3 is 2.61 bits per heavy atom. The molecule has 0 amide bonds. The summed E-state index contributed by atoms with van der Waals surface area (Å²) < 4.78 is 0. The molecular weight excluding hydrogens is 226 g/mol. The van der Waals surface area contributed by atoms with Crippen LogP contribution in [0.3, 0.4) is 0 Å². The Bertz CT molecular complexity index is 358. The van der Waals surface area contributed by atoms with Gasteiger partial charge in [0.15, 0.2) is 5.82 Å². The summed E-state index contributed by atoms with van der Waals surface area (Å²) in [6.07, 6.45) is 8.21. The third-order valence-electron chi connectivity index (χ3n) is 3.55. The number of nitrogens with one attached hydrogen (secondary N) is 1. The number of nitrogens with zero attached hydrogens (tertiary/aromatic N) is 4. The van der Waals surface area contributed by atoms with Crippen LogP contribution in [0.5, 0.6) is 0 Å². The lowest BCUT2D eigenvalue weighted by molar-refractivity contribution is 0.461. The first kappa shape index (κ1) is 13.1. The van der Waals surface area contributed by atoms with Crippen LogP contribution in [0.15, 0.2) is 6.20 Å². The number of aromatic nitrogens is 3. The van der Waals surface area contributed by atoms with E-state index in [2.05, 4.69) is 39.2 Å². The number of rotatable bonds is 5. The van der Waals surface area contributed by atoms with Gasteiger partial charge >= 0.3 is 0 Å². The van der Waals surface area contributed by atoms with Crippen molar-refractivity contribution in [3.05, 3.63) is 6.20 Å². The molecule has 0 unspecified atom stereocenters. The summed E-state index contributed by atoms with van der Waals surface area (Å²) in [5.74, 6) is 1.58. The van der Waals surface area contributed by atoms with Crippen LogP contribution in [0.25, 0.3) is 0 Å². The number of hydrogen-bond acceptors (Lipinski definition) is 5. The lowest BCUT2D eigenvalue weighted by Gasteiger charge is -2.24. The van der Waals surface area contributed by atoms with Gasteiger partial charge in [0, 0.05) is 19.1 Å². The fourth-order valence-electron chi connectivity index (χ4n) is 2.46. The van der Waals surface area contributed by atoms with Crippen LogP contribution in [-0.4, -0.2) is 34.3 Å². The summed E-state index contributed by atoms with van der Waals surface area (Å²) in [6.45, 7) is 6.03. The molecule has 1 N–H and O–H groups in total. The molecule has 100 valence electrons. The highest BCUT2D eigenvalue weighted by Gasteiger charge is 2.14. The van der Waals surface area contributed by atoms with Crippen molar-refractivity contribution in [1.82, 2.24) is 15.2 Å². The first-order chi connectivity index (χ1) is 8.83. The fourth-order valence-corrected chi connectivity index (χ4v) is 2.46. The Morgan fingerprint density at radius 2 is 1.94 bits per heavy atom. The average Bonchev–Trinajstić information content (AvgIpc) is 2.42. The van der Waals surface area contributed by atoms with Gasteiger partial charge in [0.25, 0.3) is 0 Å². The van der Waals surface area contributed by atoms with E-state index >= 15 is 0 Å². The molecule has 1 aliphatic rings. The van der Waals surface area contributed by atoms with Crippen molar-refractivity contribution in [2.24, 2.45) is 0 Å². The van der Waals surface area contributed by atoms with Gasteiger partial charge in [-0.25, -0.2) is 0 Å². The molecule has 0 radical (unpaired) electrons. The predicted molar refractivity (Wildman–Crippen MR) is 73.9 cm³/mol. The van der Waals surface area contributed by atoms with Crippen LogP contribution in [-0.2, 0) is 0 Å². The van der Waals surface area contributed by atoms with Crippen molar-refractivity contribution in [3.63, 3.8) is 0 Å². The first-order valence-corrected chi connectivity index (χ1v) is 7.04. The van der Waals surface area contributed by atoms with Crippen LogP contribution < -0.4 is 10.2 Å². The van der Waals surface area contributed by atoms with Gasteiger partial charge in [-0.15, -0.1) is 5.10 Å². The molecule has 0 bridgehead atoms. The zero-order valence-corrected chi connectivity index (χ0v) is 11.4. The van der Waals surface area contributed by atoms with Crippen LogP contribution in [0, 0.1) is 0 Å². The van der Waals surface area contributed by atoms with Gasteiger partial charge in [0.1, 0.15) is 0 Å². The highest BCUT2D eigenvalue weighted by Crippen LogP contribution is 2.20. The summed E-state index contributed by atoms with van der Waals surface area (Å²) in [5.41, 5.74) is 0. The van der Waals surface area contributed by atoms with E-state index in [1.54, 1.807) is 6.20 Å². The van der Waals surface area contributed by atoms with Crippen LogP contribution in [0.1, 0.15) is 46.0 Å². The fraction of sp³-hybridized carbons (Fsp3) is 0.769. The van der Waals surface area contributed by atoms with Crippen LogP contribution in [0.4, 0.5) is 11.8 Å². The van der Waals surface area contributed by atoms with E-state index in [1.165, 1.54) is 32.1 Å².